The average molecular weight is 264 g/mol. The second-order valence-corrected chi connectivity index (χ2v) is 7.39. The van der Waals surface area contributed by atoms with Gasteiger partial charge in [0.05, 0.1) is 11.7 Å². The minimum absolute atomic E-state index is 0.146. The van der Waals surface area contributed by atoms with E-state index in [1.54, 1.807) is 0 Å². The van der Waals surface area contributed by atoms with E-state index >= 15 is 0 Å². The summed E-state index contributed by atoms with van der Waals surface area (Å²) in [5, 5.41) is 3.62. The monoisotopic (exact) mass is 264 g/mol. The zero-order chi connectivity index (χ0) is 13.6. The second kappa shape index (κ2) is 4.76. The molecule has 19 heavy (non-hydrogen) atoms. The predicted octanol–water partition coefficient (Wildman–Crippen LogP) is 2.76. The van der Waals surface area contributed by atoms with E-state index in [-0.39, 0.29) is 11.7 Å². The van der Waals surface area contributed by atoms with Crippen LogP contribution in [0.5, 0.6) is 0 Å². The van der Waals surface area contributed by atoms with Crippen LogP contribution >= 0.6 is 0 Å². The summed E-state index contributed by atoms with van der Waals surface area (Å²) in [6.07, 6.45) is 7.74. The molecule has 0 aromatic heterocycles. The van der Waals surface area contributed by atoms with Crippen LogP contribution < -0.4 is 5.32 Å². The van der Waals surface area contributed by atoms with Crippen molar-refractivity contribution >= 4 is 5.91 Å². The van der Waals surface area contributed by atoms with Gasteiger partial charge >= 0.3 is 0 Å². The fourth-order valence-electron chi connectivity index (χ4n) is 3.95. The van der Waals surface area contributed by atoms with Crippen molar-refractivity contribution in [2.75, 3.05) is 6.54 Å². The Morgan fingerprint density at radius 3 is 2.58 bits per heavy atom. The molecule has 1 amide bonds. The molecule has 1 N–H and O–H groups in total. The summed E-state index contributed by atoms with van der Waals surface area (Å²) in [6.45, 7) is 7.81. The van der Waals surface area contributed by atoms with Gasteiger partial charge in [-0.15, -0.1) is 0 Å². The van der Waals surface area contributed by atoms with Crippen LogP contribution in [0, 0.1) is 17.8 Å². The number of nitrogens with zero attached hydrogens (tertiary/aromatic N) is 1. The van der Waals surface area contributed by atoms with E-state index in [0.717, 1.165) is 31.2 Å². The van der Waals surface area contributed by atoms with Crippen molar-refractivity contribution in [2.24, 2.45) is 17.8 Å². The molecule has 2 saturated carbocycles. The van der Waals surface area contributed by atoms with Crippen LogP contribution in [0.15, 0.2) is 0 Å². The van der Waals surface area contributed by atoms with Gasteiger partial charge in [-0.3, -0.25) is 10.1 Å². The first-order chi connectivity index (χ1) is 9.03. The van der Waals surface area contributed by atoms with Crippen molar-refractivity contribution in [3.8, 4) is 0 Å². The maximum absolute atomic E-state index is 12.6. The van der Waals surface area contributed by atoms with Gasteiger partial charge in [-0.2, -0.15) is 0 Å². The van der Waals surface area contributed by atoms with E-state index < -0.39 is 0 Å². The third kappa shape index (κ3) is 2.31. The van der Waals surface area contributed by atoms with Crippen LogP contribution in [0.1, 0.15) is 59.3 Å². The number of amides is 1. The van der Waals surface area contributed by atoms with E-state index in [1.165, 1.54) is 25.7 Å². The molecule has 0 aromatic carbocycles. The molecular weight excluding hydrogens is 236 g/mol. The van der Waals surface area contributed by atoms with E-state index in [4.69, 9.17) is 0 Å². The lowest BCUT2D eigenvalue weighted by Gasteiger charge is -2.35. The first-order valence-corrected chi connectivity index (χ1v) is 8.12. The highest BCUT2D eigenvalue weighted by Crippen LogP contribution is 2.44. The minimum atomic E-state index is -0.146. The molecule has 2 aliphatic carbocycles. The van der Waals surface area contributed by atoms with Crippen molar-refractivity contribution in [3.05, 3.63) is 0 Å². The van der Waals surface area contributed by atoms with Gasteiger partial charge in [0.25, 0.3) is 0 Å². The molecule has 3 atom stereocenters. The maximum Gasteiger partial charge on any atom is 0.244 e. The zero-order valence-corrected chi connectivity index (χ0v) is 12.6. The summed E-state index contributed by atoms with van der Waals surface area (Å²) in [6, 6.07) is 0. The number of hydrogen-bond acceptors (Lipinski definition) is 2. The SMILES string of the molecule is CC(C)C1NC2(CC2)C(=O)N1CC1CCCCC1C. The Kier molecular flexibility index (Phi) is 3.36. The highest BCUT2D eigenvalue weighted by Gasteiger charge is 2.59. The van der Waals surface area contributed by atoms with Crippen LogP contribution in [0.4, 0.5) is 0 Å². The van der Waals surface area contributed by atoms with Crippen LogP contribution in [0.2, 0.25) is 0 Å². The number of carbonyl (C=O) groups is 1. The molecule has 3 nitrogen and oxygen atoms in total. The summed E-state index contributed by atoms with van der Waals surface area (Å²) in [7, 11) is 0. The van der Waals surface area contributed by atoms with E-state index in [9.17, 15) is 4.79 Å². The van der Waals surface area contributed by atoms with Gasteiger partial charge in [-0.05, 0) is 37.0 Å². The van der Waals surface area contributed by atoms with Gasteiger partial charge in [0.15, 0.2) is 0 Å². The molecule has 0 bridgehead atoms. The molecule has 1 heterocycles. The highest BCUT2D eigenvalue weighted by atomic mass is 16.2. The molecule has 108 valence electrons. The van der Waals surface area contributed by atoms with E-state index in [2.05, 4.69) is 31.0 Å². The number of hydrogen-bond donors (Lipinski definition) is 1. The number of rotatable bonds is 3. The quantitative estimate of drug-likeness (QED) is 0.850. The lowest BCUT2D eigenvalue weighted by Crippen LogP contribution is -2.45. The molecule has 3 fully saturated rings. The second-order valence-electron chi connectivity index (χ2n) is 7.39. The Morgan fingerprint density at radius 1 is 1.32 bits per heavy atom. The van der Waals surface area contributed by atoms with Gasteiger partial charge < -0.3 is 4.90 Å². The average Bonchev–Trinajstić information content (AvgIpc) is 3.10. The molecule has 3 unspecified atom stereocenters. The summed E-state index contributed by atoms with van der Waals surface area (Å²) in [5.74, 6) is 2.39. The summed E-state index contributed by atoms with van der Waals surface area (Å²) < 4.78 is 0. The van der Waals surface area contributed by atoms with Gasteiger partial charge in [0.2, 0.25) is 5.91 Å². The van der Waals surface area contributed by atoms with Gasteiger partial charge in [-0.25, -0.2) is 0 Å². The first kappa shape index (κ1) is 13.4. The lowest BCUT2D eigenvalue weighted by atomic mass is 9.80. The lowest BCUT2D eigenvalue weighted by molar-refractivity contribution is -0.132. The molecule has 3 aliphatic rings. The molecule has 3 heteroatoms. The molecular formula is C16H28N2O. The molecule has 1 aliphatic heterocycles. The fourth-order valence-corrected chi connectivity index (χ4v) is 3.95. The predicted molar refractivity (Wildman–Crippen MR) is 76.6 cm³/mol. The molecule has 0 aromatic rings. The standard InChI is InChI=1S/C16H28N2O/c1-11(2)14-17-16(8-9-16)15(19)18(14)10-13-7-5-4-6-12(13)3/h11-14,17H,4-10H2,1-3H3. The number of carbonyl (C=O) groups excluding carboxylic acids is 1. The first-order valence-electron chi connectivity index (χ1n) is 8.12. The van der Waals surface area contributed by atoms with Crippen molar-refractivity contribution < 1.29 is 4.79 Å². The highest BCUT2D eigenvalue weighted by molar-refractivity contribution is 5.91. The molecule has 0 radical (unpaired) electrons. The fraction of sp³-hybridized carbons (Fsp3) is 0.938. The van der Waals surface area contributed by atoms with Crippen molar-refractivity contribution in [3.63, 3.8) is 0 Å². The van der Waals surface area contributed by atoms with Gasteiger partial charge in [0.1, 0.15) is 0 Å². The van der Waals surface area contributed by atoms with Crippen molar-refractivity contribution in [1.29, 1.82) is 0 Å². The Balaban J connectivity index is 1.72. The van der Waals surface area contributed by atoms with Gasteiger partial charge in [-0.1, -0.05) is 40.0 Å². The molecule has 1 saturated heterocycles. The Hall–Kier alpha value is -0.570. The smallest absolute Gasteiger partial charge is 0.244 e. The van der Waals surface area contributed by atoms with Gasteiger partial charge in [0, 0.05) is 6.54 Å². The van der Waals surface area contributed by atoms with Crippen molar-refractivity contribution in [1.82, 2.24) is 10.2 Å². The Bertz CT molecular complexity index is 362. The summed E-state index contributed by atoms with van der Waals surface area (Å²) >= 11 is 0. The molecule has 1 spiro atoms. The van der Waals surface area contributed by atoms with Crippen LogP contribution in [0.25, 0.3) is 0 Å². The van der Waals surface area contributed by atoms with Crippen LogP contribution in [-0.2, 0) is 4.79 Å². The summed E-state index contributed by atoms with van der Waals surface area (Å²) in [5.41, 5.74) is -0.146. The third-order valence-electron chi connectivity index (χ3n) is 5.53. The van der Waals surface area contributed by atoms with E-state index in [0.29, 0.717) is 11.8 Å². The van der Waals surface area contributed by atoms with E-state index in [1.807, 2.05) is 0 Å². The molecule has 3 rings (SSSR count). The van der Waals surface area contributed by atoms with Crippen LogP contribution in [0.3, 0.4) is 0 Å². The van der Waals surface area contributed by atoms with Crippen molar-refractivity contribution in [2.45, 2.75) is 71.0 Å². The topological polar surface area (TPSA) is 32.3 Å². The largest absolute Gasteiger partial charge is 0.325 e. The third-order valence-corrected chi connectivity index (χ3v) is 5.53. The zero-order valence-electron chi connectivity index (χ0n) is 12.6. The summed E-state index contributed by atoms with van der Waals surface area (Å²) in [4.78, 5) is 14.8. The van der Waals surface area contributed by atoms with Crippen LogP contribution in [-0.4, -0.2) is 29.1 Å². The Labute approximate surface area is 117 Å². The maximum atomic E-state index is 12.6. The normalized spacial score (nSPS) is 37.4. The number of nitrogens with one attached hydrogen (secondary N) is 1. The Morgan fingerprint density at radius 2 is 2.00 bits per heavy atom. The minimum Gasteiger partial charge on any atom is -0.325 e.